The summed E-state index contributed by atoms with van der Waals surface area (Å²) in [6.45, 7) is 2.19. The van der Waals surface area contributed by atoms with Crippen LogP contribution < -0.4 is 0 Å². The number of rotatable bonds is 3. The molecule has 0 atom stereocenters. The molecule has 0 unspecified atom stereocenters. The molecule has 1 aliphatic rings. The molecule has 0 bridgehead atoms. The van der Waals surface area contributed by atoms with Gasteiger partial charge in [-0.1, -0.05) is 48.6 Å². The highest BCUT2D eigenvalue weighted by molar-refractivity contribution is 5.48. The van der Waals surface area contributed by atoms with E-state index >= 15 is 0 Å². The molecule has 1 aromatic rings. The molecule has 14 heavy (non-hydrogen) atoms. The van der Waals surface area contributed by atoms with Crippen LogP contribution in [0.1, 0.15) is 12.0 Å². The summed E-state index contributed by atoms with van der Waals surface area (Å²) in [6, 6.07) is 10.4. The van der Waals surface area contributed by atoms with Crippen LogP contribution in [0.15, 0.2) is 48.7 Å². The molecular weight excluding hydrogens is 170 g/mol. The van der Waals surface area contributed by atoms with Crippen molar-refractivity contribution in [1.82, 2.24) is 4.90 Å². The molecule has 1 heteroatoms. The van der Waals surface area contributed by atoms with Crippen LogP contribution in [0.5, 0.6) is 0 Å². The zero-order valence-corrected chi connectivity index (χ0v) is 8.26. The zero-order chi connectivity index (χ0) is 9.64. The quantitative estimate of drug-likeness (QED) is 0.700. The first-order valence-electron chi connectivity index (χ1n) is 5.07. The van der Waals surface area contributed by atoms with Crippen molar-refractivity contribution in [1.29, 1.82) is 0 Å². The standard InChI is InChI=1S/C13H15N/c1-2-7-13(8-3-1)9-6-12-14-10-4-5-11-14/h1-4,6-10H,5,11-12H2/b9-6-. The molecule has 1 nitrogen and oxygen atoms in total. The van der Waals surface area contributed by atoms with E-state index < -0.39 is 0 Å². The zero-order valence-electron chi connectivity index (χ0n) is 8.26. The Morgan fingerprint density at radius 1 is 1.21 bits per heavy atom. The van der Waals surface area contributed by atoms with Gasteiger partial charge in [-0.2, -0.15) is 0 Å². The van der Waals surface area contributed by atoms with Crippen molar-refractivity contribution in [2.24, 2.45) is 0 Å². The Bertz CT molecular complexity index is 324. The molecule has 2 rings (SSSR count). The number of nitrogens with zero attached hydrogens (tertiary/aromatic N) is 1. The van der Waals surface area contributed by atoms with Crippen LogP contribution >= 0.6 is 0 Å². The minimum absolute atomic E-state index is 1.02. The maximum absolute atomic E-state index is 2.32. The minimum Gasteiger partial charge on any atom is -0.374 e. The highest BCUT2D eigenvalue weighted by Crippen LogP contribution is 2.05. The molecule has 0 aromatic heterocycles. The monoisotopic (exact) mass is 185 g/mol. The largest absolute Gasteiger partial charge is 0.374 e. The topological polar surface area (TPSA) is 3.24 Å². The lowest BCUT2D eigenvalue weighted by atomic mass is 10.2. The Labute approximate surface area is 85.4 Å². The van der Waals surface area contributed by atoms with Crippen molar-refractivity contribution >= 4 is 6.08 Å². The Balaban J connectivity index is 1.85. The Morgan fingerprint density at radius 3 is 2.79 bits per heavy atom. The van der Waals surface area contributed by atoms with Gasteiger partial charge in [0.2, 0.25) is 0 Å². The molecule has 1 aliphatic heterocycles. The second kappa shape index (κ2) is 4.66. The molecule has 1 heterocycles. The molecule has 0 amide bonds. The van der Waals surface area contributed by atoms with Gasteiger partial charge in [-0.15, -0.1) is 0 Å². The molecule has 0 radical (unpaired) electrons. The minimum atomic E-state index is 1.02. The lowest BCUT2D eigenvalue weighted by molar-refractivity contribution is 0.451. The van der Waals surface area contributed by atoms with Crippen LogP contribution in [0.4, 0.5) is 0 Å². The molecule has 0 saturated carbocycles. The molecule has 0 fully saturated rings. The summed E-state index contributed by atoms with van der Waals surface area (Å²) in [7, 11) is 0. The first-order chi connectivity index (χ1) is 6.95. The fraction of sp³-hybridized carbons (Fsp3) is 0.231. The fourth-order valence-corrected chi connectivity index (χ4v) is 1.58. The van der Waals surface area contributed by atoms with E-state index in [1.54, 1.807) is 0 Å². The highest BCUT2D eigenvalue weighted by atomic mass is 15.1. The van der Waals surface area contributed by atoms with E-state index in [1.807, 2.05) is 6.07 Å². The molecule has 0 spiro atoms. The van der Waals surface area contributed by atoms with Crippen LogP contribution in [0, 0.1) is 0 Å². The maximum atomic E-state index is 2.32. The van der Waals surface area contributed by atoms with Gasteiger partial charge in [0.25, 0.3) is 0 Å². The second-order valence-electron chi connectivity index (χ2n) is 3.48. The van der Waals surface area contributed by atoms with Crippen LogP contribution in [0.25, 0.3) is 6.08 Å². The molecule has 0 N–H and O–H groups in total. The van der Waals surface area contributed by atoms with Gasteiger partial charge >= 0.3 is 0 Å². The predicted octanol–water partition coefficient (Wildman–Crippen LogP) is 2.92. The van der Waals surface area contributed by atoms with Crippen LogP contribution in [0.2, 0.25) is 0 Å². The van der Waals surface area contributed by atoms with E-state index in [0.29, 0.717) is 0 Å². The van der Waals surface area contributed by atoms with Crippen molar-refractivity contribution in [3.8, 4) is 0 Å². The molecule has 1 aromatic carbocycles. The van der Waals surface area contributed by atoms with E-state index in [0.717, 1.165) is 6.54 Å². The third-order valence-corrected chi connectivity index (χ3v) is 2.35. The molecule has 72 valence electrons. The summed E-state index contributed by atoms with van der Waals surface area (Å²) in [6.07, 6.45) is 9.97. The summed E-state index contributed by atoms with van der Waals surface area (Å²) in [5.74, 6) is 0. The van der Waals surface area contributed by atoms with Gasteiger partial charge in [0.1, 0.15) is 0 Å². The SMILES string of the molecule is C1=CN(C/C=C\c2ccccc2)CC1. The van der Waals surface area contributed by atoms with E-state index in [1.165, 1.54) is 18.5 Å². The number of benzene rings is 1. The average molecular weight is 185 g/mol. The third-order valence-electron chi connectivity index (χ3n) is 2.35. The van der Waals surface area contributed by atoms with Crippen molar-refractivity contribution in [2.75, 3.05) is 13.1 Å². The van der Waals surface area contributed by atoms with Crippen LogP contribution in [0.3, 0.4) is 0 Å². The summed E-state index contributed by atoms with van der Waals surface area (Å²) < 4.78 is 0. The fourth-order valence-electron chi connectivity index (χ4n) is 1.58. The van der Waals surface area contributed by atoms with Gasteiger partial charge in [0.05, 0.1) is 0 Å². The van der Waals surface area contributed by atoms with E-state index in [-0.39, 0.29) is 0 Å². The normalized spacial score (nSPS) is 15.6. The lowest BCUT2D eigenvalue weighted by Crippen LogP contribution is -2.13. The van der Waals surface area contributed by atoms with Crippen molar-refractivity contribution in [2.45, 2.75) is 6.42 Å². The summed E-state index contributed by atoms with van der Waals surface area (Å²) in [4.78, 5) is 2.32. The lowest BCUT2D eigenvalue weighted by Gasteiger charge is -2.11. The van der Waals surface area contributed by atoms with Gasteiger partial charge in [-0.05, 0) is 18.2 Å². The van der Waals surface area contributed by atoms with Crippen molar-refractivity contribution in [3.05, 3.63) is 54.2 Å². The summed E-state index contributed by atoms with van der Waals surface area (Å²) >= 11 is 0. The number of hydrogen-bond donors (Lipinski definition) is 0. The predicted molar refractivity (Wildman–Crippen MR) is 60.8 cm³/mol. The van der Waals surface area contributed by atoms with Gasteiger partial charge in [0, 0.05) is 13.1 Å². The Hall–Kier alpha value is -1.50. The Morgan fingerprint density at radius 2 is 2.07 bits per heavy atom. The smallest absolute Gasteiger partial charge is 0.0357 e. The summed E-state index contributed by atoms with van der Waals surface area (Å²) in [5, 5.41) is 0. The van der Waals surface area contributed by atoms with Crippen LogP contribution in [-0.2, 0) is 0 Å². The van der Waals surface area contributed by atoms with E-state index in [9.17, 15) is 0 Å². The summed E-state index contributed by atoms with van der Waals surface area (Å²) in [5.41, 5.74) is 1.27. The first-order valence-corrected chi connectivity index (χ1v) is 5.07. The van der Waals surface area contributed by atoms with Crippen molar-refractivity contribution < 1.29 is 0 Å². The van der Waals surface area contributed by atoms with E-state index in [4.69, 9.17) is 0 Å². The second-order valence-corrected chi connectivity index (χ2v) is 3.48. The average Bonchev–Trinajstić information content (AvgIpc) is 2.72. The van der Waals surface area contributed by atoms with Gasteiger partial charge in [-0.25, -0.2) is 0 Å². The first kappa shape index (κ1) is 9.07. The third kappa shape index (κ3) is 2.49. The van der Waals surface area contributed by atoms with Crippen molar-refractivity contribution in [3.63, 3.8) is 0 Å². The van der Waals surface area contributed by atoms with Gasteiger partial charge in [-0.3, -0.25) is 0 Å². The highest BCUT2D eigenvalue weighted by Gasteiger charge is 1.99. The Kier molecular flexibility index (Phi) is 3.02. The van der Waals surface area contributed by atoms with Gasteiger partial charge < -0.3 is 4.90 Å². The van der Waals surface area contributed by atoms with E-state index in [2.05, 4.69) is 53.6 Å². The molecule has 0 aliphatic carbocycles. The van der Waals surface area contributed by atoms with Crippen LogP contribution in [-0.4, -0.2) is 18.0 Å². The number of hydrogen-bond acceptors (Lipinski definition) is 1. The van der Waals surface area contributed by atoms with Gasteiger partial charge in [0.15, 0.2) is 0 Å². The molecule has 0 saturated heterocycles. The molecular formula is C13H15N. The maximum Gasteiger partial charge on any atom is 0.0357 e.